The Hall–Kier alpha value is -1.53. The van der Waals surface area contributed by atoms with Gasteiger partial charge in [-0.05, 0) is 34.1 Å². The number of aliphatic hydroxyl groups is 1. The average Bonchev–Trinajstić information content (AvgIpc) is 2.96. The topological polar surface area (TPSA) is 78.3 Å². The van der Waals surface area contributed by atoms with Crippen molar-refractivity contribution in [3.8, 4) is 0 Å². The van der Waals surface area contributed by atoms with E-state index in [2.05, 4.69) is 26.2 Å². The maximum atomic E-state index is 11.8. The van der Waals surface area contributed by atoms with Gasteiger partial charge >= 0.3 is 0 Å². The van der Waals surface area contributed by atoms with Gasteiger partial charge in [-0.2, -0.15) is 0 Å². The minimum absolute atomic E-state index is 0.221. The number of halogens is 1. The van der Waals surface area contributed by atoms with Crippen molar-refractivity contribution in [1.82, 2.24) is 10.3 Å². The van der Waals surface area contributed by atoms with E-state index >= 15 is 0 Å². The van der Waals surface area contributed by atoms with Crippen LogP contribution in [0.2, 0.25) is 0 Å². The lowest BCUT2D eigenvalue weighted by Gasteiger charge is -2.12. The predicted molar refractivity (Wildman–Crippen MR) is 64.5 cm³/mol. The largest absolute Gasteiger partial charge is 0.467 e. The van der Waals surface area contributed by atoms with Gasteiger partial charge in [-0.1, -0.05) is 0 Å². The Kier molecular flexibility index (Phi) is 3.65. The van der Waals surface area contributed by atoms with E-state index in [9.17, 15) is 9.90 Å². The van der Waals surface area contributed by atoms with Crippen molar-refractivity contribution in [2.24, 2.45) is 0 Å². The van der Waals surface area contributed by atoms with E-state index in [1.807, 2.05) is 0 Å². The van der Waals surface area contributed by atoms with E-state index in [0.717, 1.165) is 4.47 Å². The number of rotatable bonds is 4. The number of nitrogens with one attached hydrogen (secondary N) is 2. The van der Waals surface area contributed by atoms with Gasteiger partial charge in [0.05, 0.1) is 12.9 Å². The van der Waals surface area contributed by atoms with Gasteiger partial charge in [0.1, 0.15) is 17.5 Å². The van der Waals surface area contributed by atoms with E-state index in [1.165, 1.54) is 6.26 Å². The summed E-state index contributed by atoms with van der Waals surface area (Å²) in [7, 11) is 0. The molecule has 1 atom stereocenters. The van der Waals surface area contributed by atoms with Crippen LogP contribution in [0.25, 0.3) is 0 Å². The summed E-state index contributed by atoms with van der Waals surface area (Å²) >= 11 is 3.24. The van der Waals surface area contributed by atoms with Crippen LogP contribution >= 0.6 is 15.9 Å². The van der Waals surface area contributed by atoms with Gasteiger partial charge in [-0.15, -0.1) is 0 Å². The Morgan fingerprint density at radius 1 is 1.65 bits per heavy atom. The number of amides is 1. The summed E-state index contributed by atoms with van der Waals surface area (Å²) in [5.41, 5.74) is 0.418. The fourth-order valence-electron chi connectivity index (χ4n) is 1.43. The lowest BCUT2D eigenvalue weighted by Crippen LogP contribution is -2.30. The molecule has 6 heteroatoms. The number of aromatic nitrogens is 1. The molecule has 3 N–H and O–H groups in total. The number of aliphatic hydroxyl groups excluding tert-OH is 1. The van der Waals surface area contributed by atoms with Crippen molar-refractivity contribution in [3.05, 3.63) is 46.6 Å². The maximum Gasteiger partial charge on any atom is 0.268 e. The number of furan rings is 1. The first kappa shape index (κ1) is 11.9. The van der Waals surface area contributed by atoms with Gasteiger partial charge in [-0.25, -0.2) is 0 Å². The molecule has 0 bridgehead atoms. The van der Waals surface area contributed by atoms with Crippen LogP contribution in [0.3, 0.4) is 0 Å². The Balaban J connectivity index is 2.07. The molecule has 2 heterocycles. The van der Waals surface area contributed by atoms with Crippen LogP contribution in [0.5, 0.6) is 0 Å². The third-order valence-electron chi connectivity index (χ3n) is 2.27. The molecule has 0 spiro atoms. The SMILES string of the molecule is O=C(NC(CO)c1ccco1)c1cc(Br)c[nH]1. The minimum atomic E-state index is -0.542. The van der Waals surface area contributed by atoms with Gasteiger partial charge in [0.25, 0.3) is 5.91 Å². The molecule has 0 aliphatic heterocycles. The molecule has 0 aliphatic rings. The van der Waals surface area contributed by atoms with Crippen molar-refractivity contribution in [1.29, 1.82) is 0 Å². The van der Waals surface area contributed by atoms with Crippen molar-refractivity contribution >= 4 is 21.8 Å². The predicted octanol–water partition coefficient (Wildman–Crippen LogP) is 1.83. The lowest BCUT2D eigenvalue weighted by molar-refractivity contribution is 0.0903. The van der Waals surface area contributed by atoms with Crippen LogP contribution in [0.1, 0.15) is 22.3 Å². The van der Waals surface area contributed by atoms with Crippen LogP contribution < -0.4 is 5.32 Å². The Labute approximate surface area is 106 Å². The molecule has 17 heavy (non-hydrogen) atoms. The summed E-state index contributed by atoms with van der Waals surface area (Å²) in [6.45, 7) is -0.221. The molecule has 0 fully saturated rings. The van der Waals surface area contributed by atoms with E-state index in [0.29, 0.717) is 11.5 Å². The van der Waals surface area contributed by atoms with E-state index in [1.54, 1.807) is 24.4 Å². The fourth-order valence-corrected chi connectivity index (χ4v) is 1.77. The minimum Gasteiger partial charge on any atom is -0.467 e. The quantitative estimate of drug-likeness (QED) is 0.806. The molecule has 0 saturated carbocycles. The van der Waals surface area contributed by atoms with Crippen LogP contribution in [0.15, 0.2) is 39.5 Å². The van der Waals surface area contributed by atoms with Gasteiger partial charge in [0.2, 0.25) is 0 Å². The molecule has 5 nitrogen and oxygen atoms in total. The fraction of sp³-hybridized carbons (Fsp3) is 0.182. The number of H-pyrrole nitrogens is 1. The Bertz CT molecular complexity index is 493. The first-order chi connectivity index (χ1) is 8.20. The summed E-state index contributed by atoms with van der Waals surface area (Å²) in [6, 6.07) is 4.52. The summed E-state index contributed by atoms with van der Waals surface area (Å²) in [5.74, 6) is 0.220. The third-order valence-corrected chi connectivity index (χ3v) is 2.72. The molecule has 0 aromatic carbocycles. The normalized spacial score (nSPS) is 12.4. The second-order valence-corrected chi connectivity index (χ2v) is 4.37. The molecule has 0 radical (unpaired) electrons. The van der Waals surface area contributed by atoms with Crippen molar-refractivity contribution in [3.63, 3.8) is 0 Å². The third kappa shape index (κ3) is 2.78. The lowest BCUT2D eigenvalue weighted by atomic mass is 10.2. The number of carbonyl (C=O) groups is 1. The standard InChI is InChI=1S/C11H11BrN2O3/c12-7-4-8(13-5-7)11(16)14-9(6-15)10-2-1-3-17-10/h1-5,9,13,15H,6H2,(H,14,16). The smallest absolute Gasteiger partial charge is 0.268 e. The van der Waals surface area contributed by atoms with Crippen LogP contribution in [-0.2, 0) is 0 Å². The van der Waals surface area contributed by atoms with E-state index in [-0.39, 0.29) is 12.5 Å². The molecule has 1 amide bonds. The second-order valence-electron chi connectivity index (χ2n) is 3.46. The molecule has 2 rings (SSSR count). The number of aromatic amines is 1. The Morgan fingerprint density at radius 2 is 2.47 bits per heavy atom. The first-order valence-corrected chi connectivity index (χ1v) is 5.79. The highest BCUT2D eigenvalue weighted by Gasteiger charge is 2.17. The summed E-state index contributed by atoms with van der Waals surface area (Å²) < 4.78 is 5.93. The Morgan fingerprint density at radius 3 is 3.00 bits per heavy atom. The highest BCUT2D eigenvalue weighted by atomic mass is 79.9. The zero-order valence-corrected chi connectivity index (χ0v) is 10.4. The zero-order valence-electron chi connectivity index (χ0n) is 8.81. The summed E-state index contributed by atoms with van der Waals surface area (Å²) in [4.78, 5) is 14.6. The molecule has 2 aromatic heterocycles. The molecule has 2 aromatic rings. The first-order valence-electron chi connectivity index (χ1n) is 4.99. The van der Waals surface area contributed by atoms with E-state index < -0.39 is 6.04 Å². The number of carbonyl (C=O) groups excluding carboxylic acids is 1. The maximum absolute atomic E-state index is 11.8. The van der Waals surface area contributed by atoms with Crippen LogP contribution in [-0.4, -0.2) is 22.6 Å². The van der Waals surface area contributed by atoms with Crippen LogP contribution in [0.4, 0.5) is 0 Å². The zero-order chi connectivity index (χ0) is 12.3. The molecule has 90 valence electrons. The van der Waals surface area contributed by atoms with Gasteiger partial charge in [0.15, 0.2) is 0 Å². The van der Waals surface area contributed by atoms with E-state index in [4.69, 9.17) is 4.42 Å². The molecule has 0 aliphatic carbocycles. The van der Waals surface area contributed by atoms with Gasteiger partial charge in [-0.3, -0.25) is 4.79 Å². The number of hydrogen-bond donors (Lipinski definition) is 3. The van der Waals surface area contributed by atoms with Gasteiger partial charge in [0, 0.05) is 10.7 Å². The highest BCUT2D eigenvalue weighted by Crippen LogP contribution is 2.15. The van der Waals surface area contributed by atoms with Crippen LogP contribution in [0, 0.1) is 0 Å². The van der Waals surface area contributed by atoms with Gasteiger partial charge < -0.3 is 19.8 Å². The summed E-state index contributed by atoms with van der Waals surface area (Å²) in [6.07, 6.45) is 3.16. The molecule has 1 unspecified atom stereocenters. The average molecular weight is 299 g/mol. The van der Waals surface area contributed by atoms with Crippen molar-refractivity contribution < 1.29 is 14.3 Å². The second kappa shape index (κ2) is 5.20. The number of hydrogen-bond acceptors (Lipinski definition) is 3. The monoisotopic (exact) mass is 298 g/mol. The molecular weight excluding hydrogens is 288 g/mol. The molecule has 0 saturated heterocycles. The molecular formula is C11H11BrN2O3. The van der Waals surface area contributed by atoms with Crippen molar-refractivity contribution in [2.75, 3.05) is 6.61 Å². The summed E-state index contributed by atoms with van der Waals surface area (Å²) in [5, 5.41) is 11.9. The van der Waals surface area contributed by atoms with Crippen molar-refractivity contribution in [2.45, 2.75) is 6.04 Å². The highest BCUT2D eigenvalue weighted by molar-refractivity contribution is 9.10.